The van der Waals surface area contributed by atoms with E-state index in [0.29, 0.717) is 26.1 Å². The normalized spacial score (nSPS) is 16.5. The van der Waals surface area contributed by atoms with Crippen LogP contribution in [0.25, 0.3) is 0 Å². The van der Waals surface area contributed by atoms with Crippen molar-refractivity contribution < 1.29 is 24.1 Å². The Morgan fingerprint density at radius 2 is 2.08 bits per heavy atom. The molecule has 0 aromatic heterocycles. The van der Waals surface area contributed by atoms with Gasteiger partial charge in [-0.25, -0.2) is 4.79 Å². The lowest BCUT2D eigenvalue weighted by atomic mass is 9.91. The van der Waals surface area contributed by atoms with Crippen LogP contribution in [0.1, 0.15) is 23.6 Å². The smallest absolute Gasteiger partial charge is 0.410 e. The second-order valence-corrected chi connectivity index (χ2v) is 5.78. The van der Waals surface area contributed by atoms with Gasteiger partial charge in [-0.2, -0.15) is 0 Å². The zero-order valence-electron chi connectivity index (χ0n) is 14.7. The summed E-state index contributed by atoms with van der Waals surface area (Å²) in [4.78, 5) is 13.7. The predicted molar refractivity (Wildman–Crippen MR) is 89.5 cm³/mol. The molecule has 1 aliphatic heterocycles. The number of nitrogens with zero attached hydrogens (tertiary/aromatic N) is 1. The lowest BCUT2D eigenvalue weighted by Crippen LogP contribution is -2.42. The Labute approximate surface area is 142 Å². The van der Waals surface area contributed by atoms with E-state index in [9.17, 15) is 4.79 Å². The number of aliphatic hydroxyl groups is 1. The predicted octanol–water partition coefficient (Wildman–Crippen LogP) is 1.30. The number of ether oxygens (including phenoxy) is 3. The van der Waals surface area contributed by atoms with Gasteiger partial charge in [-0.1, -0.05) is 0 Å². The van der Waals surface area contributed by atoms with Gasteiger partial charge in [-0.15, -0.1) is 0 Å². The molecule has 0 fully saturated rings. The average molecular weight is 338 g/mol. The van der Waals surface area contributed by atoms with Gasteiger partial charge in [0.15, 0.2) is 0 Å². The molecule has 2 rings (SSSR count). The molecule has 1 heterocycles. The second kappa shape index (κ2) is 8.21. The molecule has 0 saturated carbocycles. The fourth-order valence-electron chi connectivity index (χ4n) is 3.14. The van der Waals surface area contributed by atoms with Crippen LogP contribution in [0, 0.1) is 0 Å². The number of hydrogen-bond donors (Lipinski definition) is 2. The Hall–Kier alpha value is -1.99. The second-order valence-electron chi connectivity index (χ2n) is 5.78. The molecule has 0 saturated heterocycles. The molecule has 0 bridgehead atoms. The van der Waals surface area contributed by atoms with Crippen molar-refractivity contribution in [3.8, 4) is 11.5 Å². The first-order valence-corrected chi connectivity index (χ1v) is 7.99. The van der Waals surface area contributed by atoms with Gasteiger partial charge in [-0.3, -0.25) is 0 Å². The number of hydrogen-bond acceptors (Lipinski definition) is 6. The lowest BCUT2D eigenvalue weighted by molar-refractivity contribution is 0.0993. The maximum atomic E-state index is 12.0. The average Bonchev–Trinajstić information content (AvgIpc) is 2.59. The van der Waals surface area contributed by atoms with E-state index in [1.54, 1.807) is 19.1 Å². The number of benzene rings is 1. The van der Waals surface area contributed by atoms with Crippen LogP contribution in [0.2, 0.25) is 0 Å². The number of methoxy groups -OCH3 is 3. The standard InChI is InChI=1S/C17H26N2O5/c1-11-7-13-14(10-19(11)17(21)24-4)15(22-2)8-12(16(13)23-3)9-18-5-6-20/h8,11,18,20H,5-7,9-10H2,1-4H3. The molecule has 1 aromatic rings. The third kappa shape index (κ3) is 3.57. The number of aliphatic hydroxyl groups excluding tert-OH is 1. The van der Waals surface area contributed by atoms with E-state index in [-0.39, 0.29) is 18.7 Å². The van der Waals surface area contributed by atoms with Crippen LogP contribution in [0.3, 0.4) is 0 Å². The van der Waals surface area contributed by atoms with Crippen molar-refractivity contribution in [1.82, 2.24) is 10.2 Å². The van der Waals surface area contributed by atoms with Crippen molar-refractivity contribution >= 4 is 6.09 Å². The summed E-state index contributed by atoms with van der Waals surface area (Å²) in [6.07, 6.45) is 0.320. The van der Waals surface area contributed by atoms with Gasteiger partial charge in [0.1, 0.15) is 11.5 Å². The van der Waals surface area contributed by atoms with Gasteiger partial charge in [0.25, 0.3) is 0 Å². The molecule has 24 heavy (non-hydrogen) atoms. The first-order valence-electron chi connectivity index (χ1n) is 7.99. The van der Waals surface area contributed by atoms with E-state index < -0.39 is 0 Å². The monoisotopic (exact) mass is 338 g/mol. The highest BCUT2D eigenvalue weighted by Crippen LogP contribution is 2.39. The molecule has 0 radical (unpaired) electrons. The molecule has 1 amide bonds. The fraction of sp³-hybridized carbons (Fsp3) is 0.588. The van der Waals surface area contributed by atoms with Crippen LogP contribution in [0.4, 0.5) is 4.79 Å². The number of fused-ring (bicyclic) bond motifs is 1. The van der Waals surface area contributed by atoms with Crippen molar-refractivity contribution in [2.24, 2.45) is 0 Å². The zero-order chi connectivity index (χ0) is 17.7. The summed E-state index contributed by atoms with van der Waals surface area (Å²) in [5.74, 6) is 1.54. The van der Waals surface area contributed by atoms with Crippen LogP contribution in [-0.2, 0) is 24.2 Å². The number of carbonyl (C=O) groups is 1. The van der Waals surface area contributed by atoms with Gasteiger partial charge < -0.3 is 29.5 Å². The SMILES string of the molecule is COC(=O)N1Cc2c(OC)cc(CNCCO)c(OC)c2CC1C. The van der Waals surface area contributed by atoms with E-state index in [1.165, 1.54) is 7.11 Å². The van der Waals surface area contributed by atoms with Crippen LogP contribution in [0.5, 0.6) is 11.5 Å². The van der Waals surface area contributed by atoms with E-state index in [1.807, 2.05) is 13.0 Å². The molecule has 1 aliphatic rings. The highest BCUT2D eigenvalue weighted by Gasteiger charge is 2.32. The minimum atomic E-state index is -0.345. The van der Waals surface area contributed by atoms with Crippen LogP contribution in [0.15, 0.2) is 6.07 Å². The lowest BCUT2D eigenvalue weighted by Gasteiger charge is -2.35. The number of amides is 1. The first-order chi connectivity index (χ1) is 11.6. The molecule has 0 aliphatic carbocycles. The summed E-state index contributed by atoms with van der Waals surface area (Å²) in [6.45, 7) is 3.57. The molecular weight excluding hydrogens is 312 g/mol. The van der Waals surface area contributed by atoms with Crippen LogP contribution in [-0.4, -0.2) is 56.6 Å². The van der Waals surface area contributed by atoms with Gasteiger partial charge >= 0.3 is 6.09 Å². The Balaban J connectivity index is 2.43. The van der Waals surface area contributed by atoms with Crippen LogP contribution < -0.4 is 14.8 Å². The van der Waals surface area contributed by atoms with Crippen LogP contribution >= 0.6 is 0 Å². The van der Waals surface area contributed by atoms with E-state index >= 15 is 0 Å². The molecule has 134 valence electrons. The molecular formula is C17H26N2O5. The maximum Gasteiger partial charge on any atom is 0.410 e. The summed E-state index contributed by atoms with van der Waals surface area (Å²) in [5.41, 5.74) is 2.98. The van der Waals surface area contributed by atoms with Crippen molar-refractivity contribution in [3.05, 3.63) is 22.8 Å². The van der Waals surface area contributed by atoms with Gasteiger partial charge in [-0.05, 0) is 19.4 Å². The molecule has 1 unspecified atom stereocenters. The summed E-state index contributed by atoms with van der Waals surface area (Å²) in [5, 5.41) is 12.1. The van der Waals surface area contributed by atoms with Crippen molar-refractivity contribution in [1.29, 1.82) is 0 Å². The molecule has 7 nitrogen and oxygen atoms in total. The Kier molecular flexibility index (Phi) is 6.28. The van der Waals surface area contributed by atoms with E-state index in [4.69, 9.17) is 19.3 Å². The third-order valence-corrected chi connectivity index (χ3v) is 4.33. The van der Waals surface area contributed by atoms with Crippen molar-refractivity contribution in [2.45, 2.75) is 32.5 Å². The van der Waals surface area contributed by atoms with Gasteiger partial charge in [0, 0.05) is 35.8 Å². The Bertz CT molecular complexity index is 591. The molecule has 7 heteroatoms. The summed E-state index contributed by atoms with van der Waals surface area (Å²) >= 11 is 0. The molecule has 1 aromatic carbocycles. The molecule has 2 N–H and O–H groups in total. The summed E-state index contributed by atoms with van der Waals surface area (Å²) < 4.78 is 16.1. The topological polar surface area (TPSA) is 80.3 Å². The highest BCUT2D eigenvalue weighted by molar-refractivity contribution is 5.69. The summed E-state index contributed by atoms with van der Waals surface area (Å²) in [7, 11) is 4.65. The van der Waals surface area contributed by atoms with E-state index in [0.717, 1.165) is 28.2 Å². The van der Waals surface area contributed by atoms with Gasteiger partial charge in [0.05, 0.1) is 34.5 Å². The third-order valence-electron chi connectivity index (χ3n) is 4.33. The maximum absolute atomic E-state index is 12.0. The highest BCUT2D eigenvalue weighted by atomic mass is 16.5. The molecule has 1 atom stereocenters. The molecule has 0 spiro atoms. The fourth-order valence-corrected chi connectivity index (χ4v) is 3.14. The van der Waals surface area contributed by atoms with Crippen molar-refractivity contribution in [3.63, 3.8) is 0 Å². The van der Waals surface area contributed by atoms with Gasteiger partial charge in [0.2, 0.25) is 0 Å². The van der Waals surface area contributed by atoms with Crippen molar-refractivity contribution in [2.75, 3.05) is 34.5 Å². The Morgan fingerprint density at radius 1 is 1.33 bits per heavy atom. The Morgan fingerprint density at radius 3 is 2.67 bits per heavy atom. The van der Waals surface area contributed by atoms with E-state index in [2.05, 4.69) is 5.32 Å². The zero-order valence-corrected chi connectivity index (χ0v) is 14.7. The number of carbonyl (C=O) groups excluding carboxylic acids is 1. The summed E-state index contributed by atoms with van der Waals surface area (Å²) in [6, 6.07) is 1.93. The minimum absolute atomic E-state index is 0.00390. The number of nitrogens with one attached hydrogen (secondary N) is 1. The largest absolute Gasteiger partial charge is 0.496 e. The first kappa shape index (κ1) is 18.4. The quantitative estimate of drug-likeness (QED) is 0.761. The number of rotatable bonds is 6. The minimum Gasteiger partial charge on any atom is -0.496 e.